The Labute approximate surface area is 176 Å². The molecule has 3 N–H and O–H groups in total. The van der Waals surface area contributed by atoms with Gasteiger partial charge in [0.25, 0.3) is 5.91 Å². The molecule has 1 fully saturated rings. The second-order valence-electron chi connectivity index (χ2n) is 6.82. The number of halogens is 3. The van der Waals surface area contributed by atoms with Gasteiger partial charge in [-0.1, -0.05) is 5.16 Å². The van der Waals surface area contributed by atoms with Gasteiger partial charge in [-0.25, -0.2) is 4.98 Å². The van der Waals surface area contributed by atoms with Gasteiger partial charge in [-0.15, -0.1) is 13.2 Å². The Morgan fingerprint density at radius 1 is 1.16 bits per heavy atom. The maximum atomic E-state index is 12.2. The zero-order valence-corrected chi connectivity index (χ0v) is 16.6. The Kier molecular flexibility index (Phi) is 7.16. The summed E-state index contributed by atoms with van der Waals surface area (Å²) < 4.78 is 40.2. The number of benzene rings is 1. The van der Waals surface area contributed by atoms with Gasteiger partial charge in [0.05, 0.1) is 0 Å². The molecule has 0 aliphatic carbocycles. The van der Waals surface area contributed by atoms with Gasteiger partial charge in [0.1, 0.15) is 11.6 Å². The number of hydrogen-bond acceptors (Lipinski definition) is 6. The molecule has 8 nitrogen and oxygen atoms in total. The molecule has 1 amide bonds. The summed E-state index contributed by atoms with van der Waals surface area (Å²) in [6, 6.07) is 8.23. The van der Waals surface area contributed by atoms with Gasteiger partial charge in [0.15, 0.2) is 12.4 Å². The lowest BCUT2D eigenvalue weighted by Crippen LogP contribution is -2.30. The van der Waals surface area contributed by atoms with Crippen LogP contribution in [0.25, 0.3) is 0 Å². The topological polar surface area (TPSA) is 102 Å². The van der Waals surface area contributed by atoms with E-state index in [0.29, 0.717) is 5.56 Å². The molecule has 0 radical (unpaired) electrons. The molecule has 0 saturated carbocycles. The fourth-order valence-corrected chi connectivity index (χ4v) is 3.02. The normalized spacial score (nSPS) is 14.8. The smallest absolute Gasteiger partial charge is 0.406 e. The first-order valence-electron chi connectivity index (χ1n) is 9.62. The van der Waals surface area contributed by atoms with Crippen LogP contribution < -0.4 is 20.7 Å². The third kappa shape index (κ3) is 7.05. The molecule has 3 rings (SSSR count). The minimum atomic E-state index is -4.78. The molecule has 11 heteroatoms. The van der Waals surface area contributed by atoms with Crippen molar-refractivity contribution in [3.05, 3.63) is 48.2 Å². The second-order valence-corrected chi connectivity index (χ2v) is 6.82. The molecule has 1 aliphatic heterocycles. The third-order valence-electron chi connectivity index (χ3n) is 4.45. The number of aromatic nitrogens is 1. The first-order chi connectivity index (χ1) is 14.8. The number of nitrogens with zero attached hydrogens (tertiary/aromatic N) is 3. The van der Waals surface area contributed by atoms with Crippen molar-refractivity contribution in [1.82, 2.24) is 4.98 Å². The predicted molar refractivity (Wildman–Crippen MR) is 109 cm³/mol. The van der Waals surface area contributed by atoms with E-state index in [-0.39, 0.29) is 17.3 Å². The van der Waals surface area contributed by atoms with Crippen LogP contribution in [0.1, 0.15) is 24.8 Å². The van der Waals surface area contributed by atoms with E-state index in [0.717, 1.165) is 43.9 Å². The number of carbonyl (C=O) groups excluding carboxylic acids is 1. The molecule has 0 unspecified atom stereocenters. The highest BCUT2D eigenvalue weighted by Crippen LogP contribution is 2.24. The highest BCUT2D eigenvalue weighted by Gasteiger charge is 2.30. The Bertz CT molecular complexity index is 913. The first kappa shape index (κ1) is 22.2. The molecule has 31 heavy (non-hydrogen) atoms. The number of alkyl halides is 3. The van der Waals surface area contributed by atoms with E-state index in [4.69, 9.17) is 10.6 Å². The second kappa shape index (κ2) is 10.0. The van der Waals surface area contributed by atoms with E-state index < -0.39 is 18.9 Å². The van der Waals surface area contributed by atoms with Crippen molar-refractivity contribution in [3.8, 4) is 5.75 Å². The van der Waals surface area contributed by atoms with Crippen molar-refractivity contribution in [2.75, 3.05) is 29.9 Å². The van der Waals surface area contributed by atoms with Gasteiger partial charge in [-0.2, -0.15) is 0 Å². The lowest BCUT2D eigenvalue weighted by atomic mass is 10.1. The van der Waals surface area contributed by atoms with Crippen LogP contribution in [0.3, 0.4) is 0 Å². The van der Waals surface area contributed by atoms with Crippen molar-refractivity contribution < 1.29 is 27.5 Å². The highest BCUT2D eigenvalue weighted by atomic mass is 19.4. The molecule has 1 aliphatic rings. The van der Waals surface area contributed by atoms with Gasteiger partial charge >= 0.3 is 6.36 Å². The van der Waals surface area contributed by atoms with Crippen LogP contribution in [-0.4, -0.2) is 42.8 Å². The summed E-state index contributed by atoms with van der Waals surface area (Å²) in [6.07, 6.45) is 0.305. The van der Waals surface area contributed by atoms with E-state index in [9.17, 15) is 18.0 Å². The monoisotopic (exact) mass is 437 g/mol. The molecular weight excluding hydrogens is 415 g/mol. The Balaban J connectivity index is 1.50. The van der Waals surface area contributed by atoms with Crippen LogP contribution in [0.15, 0.2) is 47.8 Å². The van der Waals surface area contributed by atoms with Crippen LogP contribution >= 0.6 is 0 Å². The molecular formula is C20H22F3N5O3. The molecule has 2 aromatic rings. The quantitative estimate of drug-likeness (QED) is 0.392. The van der Waals surface area contributed by atoms with E-state index >= 15 is 0 Å². The van der Waals surface area contributed by atoms with Gasteiger partial charge < -0.3 is 25.5 Å². The Morgan fingerprint density at radius 3 is 2.55 bits per heavy atom. The van der Waals surface area contributed by atoms with Crippen molar-refractivity contribution in [1.29, 1.82) is 0 Å². The molecule has 1 aromatic heterocycles. The van der Waals surface area contributed by atoms with Crippen molar-refractivity contribution in [3.63, 3.8) is 0 Å². The van der Waals surface area contributed by atoms with Crippen LogP contribution in [0.2, 0.25) is 0 Å². The number of oxime groups is 1. The van der Waals surface area contributed by atoms with Crippen molar-refractivity contribution >= 4 is 23.2 Å². The van der Waals surface area contributed by atoms with Gasteiger partial charge in [0, 0.05) is 30.5 Å². The zero-order chi connectivity index (χ0) is 22.3. The molecule has 0 atom stereocenters. The number of pyridine rings is 1. The molecule has 2 heterocycles. The van der Waals surface area contributed by atoms with Crippen molar-refractivity contribution in [2.45, 2.75) is 25.6 Å². The summed E-state index contributed by atoms with van der Waals surface area (Å²) in [5.41, 5.74) is 6.84. The maximum absolute atomic E-state index is 12.2. The third-order valence-corrected chi connectivity index (χ3v) is 4.45. The number of ether oxygens (including phenoxy) is 1. The summed E-state index contributed by atoms with van der Waals surface area (Å²) in [6.45, 7) is 1.45. The highest BCUT2D eigenvalue weighted by molar-refractivity contribution is 5.97. The predicted octanol–water partition coefficient (Wildman–Crippen LogP) is 3.25. The molecule has 0 spiro atoms. The standard InChI is InChI=1S/C20H22F3N5O3/c21-20(22,23)31-16-6-4-15(5-7-16)26-18(29)13-30-27-19(24)14-8-9-25-17(12-14)28-10-2-1-3-11-28/h4-9,12H,1-3,10-11,13H2,(H2,24,27)(H,26,29). The van der Waals surface area contributed by atoms with E-state index in [1.54, 1.807) is 12.3 Å². The van der Waals surface area contributed by atoms with E-state index in [1.807, 2.05) is 6.07 Å². The zero-order valence-electron chi connectivity index (χ0n) is 16.6. The number of nitrogens with two attached hydrogens (primary N) is 1. The number of amidine groups is 1. The van der Waals surface area contributed by atoms with Gasteiger partial charge in [-0.05, 0) is 55.7 Å². The number of hydrogen-bond donors (Lipinski definition) is 2. The SMILES string of the molecule is N/C(=N\OCC(=O)Nc1ccc(OC(F)(F)F)cc1)c1ccnc(N2CCCCC2)c1. The largest absolute Gasteiger partial charge is 0.573 e. The average molecular weight is 437 g/mol. The minimum absolute atomic E-state index is 0.0992. The first-order valence-corrected chi connectivity index (χ1v) is 9.62. The minimum Gasteiger partial charge on any atom is -0.406 e. The molecule has 166 valence electrons. The number of nitrogens with one attached hydrogen (secondary N) is 1. The van der Waals surface area contributed by atoms with Crippen LogP contribution in [0.4, 0.5) is 24.7 Å². The van der Waals surface area contributed by atoms with E-state index in [1.165, 1.54) is 18.6 Å². The van der Waals surface area contributed by atoms with Crippen LogP contribution in [0, 0.1) is 0 Å². The summed E-state index contributed by atoms with van der Waals surface area (Å²) in [7, 11) is 0. The summed E-state index contributed by atoms with van der Waals surface area (Å²) in [5, 5.41) is 6.23. The number of amides is 1. The van der Waals surface area contributed by atoms with Crippen LogP contribution in [0.5, 0.6) is 5.75 Å². The van der Waals surface area contributed by atoms with Crippen LogP contribution in [-0.2, 0) is 9.63 Å². The summed E-state index contributed by atoms with van der Waals surface area (Å²) in [5.74, 6) is -0.0293. The summed E-state index contributed by atoms with van der Waals surface area (Å²) >= 11 is 0. The van der Waals surface area contributed by atoms with Gasteiger partial charge in [0.2, 0.25) is 0 Å². The Morgan fingerprint density at radius 2 is 1.87 bits per heavy atom. The van der Waals surface area contributed by atoms with E-state index in [2.05, 4.69) is 25.1 Å². The fourth-order valence-electron chi connectivity index (χ4n) is 3.02. The van der Waals surface area contributed by atoms with Gasteiger partial charge in [-0.3, -0.25) is 4.79 Å². The fraction of sp³-hybridized carbons (Fsp3) is 0.350. The molecule has 1 saturated heterocycles. The lowest BCUT2D eigenvalue weighted by molar-refractivity contribution is -0.274. The van der Waals surface area contributed by atoms with Crippen molar-refractivity contribution in [2.24, 2.45) is 10.9 Å². The molecule has 1 aromatic carbocycles. The summed E-state index contributed by atoms with van der Waals surface area (Å²) in [4.78, 5) is 23.5. The number of anilines is 2. The average Bonchev–Trinajstić information content (AvgIpc) is 2.75. The molecule has 0 bridgehead atoms. The maximum Gasteiger partial charge on any atom is 0.573 e. The Hall–Kier alpha value is -3.50. The number of carbonyl (C=O) groups is 1. The number of rotatable bonds is 7. The lowest BCUT2D eigenvalue weighted by Gasteiger charge is -2.27. The number of piperidine rings is 1.